The summed E-state index contributed by atoms with van der Waals surface area (Å²) in [6, 6.07) is 8.43. The summed E-state index contributed by atoms with van der Waals surface area (Å²) in [6.45, 7) is 5.37. The Morgan fingerprint density at radius 3 is 2.94 bits per heavy atom. The Morgan fingerprint density at radius 1 is 1.35 bits per heavy atom. The van der Waals surface area contributed by atoms with Crippen molar-refractivity contribution in [3.8, 4) is 0 Å². The van der Waals surface area contributed by atoms with Crippen LogP contribution in [-0.2, 0) is 0 Å². The van der Waals surface area contributed by atoms with Gasteiger partial charge in [0.2, 0.25) is 0 Å². The number of para-hydroxylation sites is 2. The number of hydrogen-bond donors (Lipinski definition) is 1. The zero-order valence-corrected chi connectivity index (χ0v) is 11.1. The fourth-order valence-corrected chi connectivity index (χ4v) is 2.31. The van der Waals surface area contributed by atoms with Gasteiger partial charge in [-0.3, -0.25) is 0 Å². The number of thioether (sulfide) groups is 1. The SMILES string of the molecule is CC(C)NCCCSc1nc2ccccc2o1. The van der Waals surface area contributed by atoms with Gasteiger partial charge in [0.05, 0.1) is 0 Å². The molecule has 0 saturated heterocycles. The van der Waals surface area contributed by atoms with E-state index in [4.69, 9.17) is 4.42 Å². The second-order valence-corrected chi connectivity index (χ2v) is 5.30. The summed E-state index contributed by atoms with van der Waals surface area (Å²) in [4.78, 5) is 4.42. The first-order valence-electron chi connectivity index (χ1n) is 5.97. The number of benzene rings is 1. The standard InChI is InChI=1S/C13H18N2OS/c1-10(2)14-8-5-9-17-13-15-11-6-3-4-7-12(11)16-13/h3-4,6-7,10,14H,5,8-9H2,1-2H3. The van der Waals surface area contributed by atoms with Crippen LogP contribution in [0.15, 0.2) is 33.9 Å². The topological polar surface area (TPSA) is 38.1 Å². The first kappa shape index (κ1) is 12.5. The van der Waals surface area contributed by atoms with E-state index in [0.29, 0.717) is 6.04 Å². The second-order valence-electron chi connectivity index (χ2n) is 4.26. The van der Waals surface area contributed by atoms with Crippen molar-refractivity contribution >= 4 is 22.9 Å². The van der Waals surface area contributed by atoms with Crippen LogP contribution in [0.25, 0.3) is 11.1 Å². The summed E-state index contributed by atoms with van der Waals surface area (Å²) in [5.74, 6) is 1.03. The Bertz CT molecular complexity index is 434. The van der Waals surface area contributed by atoms with Gasteiger partial charge < -0.3 is 9.73 Å². The fourth-order valence-electron chi connectivity index (χ4n) is 1.54. The lowest BCUT2D eigenvalue weighted by atomic mass is 10.3. The molecule has 1 aromatic carbocycles. The molecule has 0 amide bonds. The van der Waals surface area contributed by atoms with Gasteiger partial charge in [0.1, 0.15) is 5.52 Å². The number of rotatable bonds is 6. The molecule has 0 bridgehead atoms. The number of fused-ring (bicyclic) bond motifs is 1. The van der Waals surface area contributed by atoms with Gasteiger partial charge in [-0.1, -0.05) is 37.7 Å². The first-order valence-corrected chi connectivity index (χ1v) is 6.96. The predicted octanol–water partition coefficient (Wildman–Crippen LogP) is 3.31. The molecule has 1 aromatic heterocycles. The lowest BCUT2D eigenvalue weighted by molar-refractivity contribution is 0.489. The van der Waals surface area contributed by atoms with E-state index < -0.39 is 0 Å². The van der Waals surface area contributed by atoms with Crippen molar-refractivity contribution in [3.05, 3.63) is 24.3 Å². The molecule has 92 valence electrons. The van der Waals surface area contributed by atoms with Crippen LogP contribution >= 0.6 is 11.8 Å². The Balaban J connectivity index is 1.79. The molecule has 0 aliphatic carbocycles. The average molecular weight is 250 g/mol. The van der Waals surface area contributed by atoms with E-state index in [1.165, 1.54) is 0 Å². The minimum absolute atomic E-state index is 0.560. The van der Waals surface area contributed by atoms with Gasteiger partial charge in [-0.2, -0.15) is 0 Å². The molecule has 0 unspecified atom stereocenters. The summed E-state index contributed by atoms with van der Waals surface area (Å²) in [5, 5.41) is 4.17. The fraction of sp³-hybridized carbons (Fsp3) is 0.462. The Hall–Kier alpha value is -1.00. The van der Waals surface area contributed by atoms with Crippen molar-refractivity contribution < 1.29 is 4.42 Å². The van der Waals surface area contributed by atoms with Crippen molar-refractivity contribution in [2.24, 2.45) is 0 Å². The molecule has 0 atom stereocenters. The Kier molecular flexibility index (Phi) is 4.45. The molecule has 0 radical (unpaired) electrons. The van der Waals surface area contributed by atoms with Crippen LogP contribution in [0.4, 0.5) is 0 Å². The molecule has 0 saturated carbocycles. The largest absolute Gasteiger partial charge is 0.431 e. The maximum Gasteiger partial charge on any atom is 0.256 e. The third-order valence-corrected chi connectivity index (χ3v) is 3.29. The number of aromatic nitrogens is 1. The molecule has 2 rings (SSSR count). The number of hydrogen-bond acceptors (Lipinski definition) is 4. The van der Waals surface area contributed by atoms with Gasteiger partial charge in [0.15, 0.2) is 5.58 Å². The quantitative estimate of drug-likeness (QED) is 0.630. The van der Waals surface area contributed by atoms with E-state index in [1.807, 2.05) is 24.3 Å². The molecule has 2 aromatic rings. The summed E-state index contributed by atoms with van der Waals surface area (Å²) < 4.78 is 5.63. The average Bonchev–Trinajstić information content (AvgIpc) is 2.70. The molecule has 1 heterocycles. The third-order valence-electron chi connectivity index (χ3n) is 2.37. The molecule has 3 nitrogen and oxygen atoms in total. The summed E-state index contributed by atoms with van der Waals surface area (Å²) >= 11 is 1.68. The van der Waals surface area contributed by atoms with E-state index in [9.17, 15) is 0 Å². The van der Waals surface area contributed by atoms with Crippen LogP contribution in [0.3, 0.4) is 0 Å². The maximum atomic E-state index is 5.63. The highest BCUT2D eigenvalue weighted by atomic mass is 32.2. The Morgan fingerprint density at radius 2 is 2.18 bits per heavy atom. The van der Waals surface area contributed by atoms with E-state index in [1.54, 1.807) is 11.8 Å². The smallest absolute Gasteiger partial charge is 0.256 e. The van der Waals surface area contributed by atoms with Gasteiger partial charge in [-0.25, -0.2) is 4.98 Å². The lowest BCUT2D eigenvalue weighted by Crippen LogP contribution is -2.23. The van der Waals surface area contributed by atoms with E-state index in [-0.39, 0.29) is 0 Å². The van der Waals surface area contributed by atoms with Gasteiger partial charge in [0.25, 0.3) is 5.22 Å². The molecule has 0 aliphatic rings. The van der Waals surface area contributed by atoms with Gasteiger partial charge >= 0.3 is 0 Å². The van der Waals surface area contributed by atoms with Crippen LogP contribution < -0.4 is 5.32 Å². The molecule has 0 aliphatic heterocycles. The highest BCUT2D eigenvalue weighted by molar-refractivity contribution is 7.99. The van der Waals surface area contributed by atoms with Crippen molar-refractivity contribution in [1.29, 1.82) is 0 Å². The highest BCUT2D eigenvalue weighted by Crippen LogP contribution is 2.23. The molecule has 1 N–H and O–H groups in total. The van der Waals surface area contributed by atoms with Crippen molar-refractivity contribution in [3.63, 3.8) is 0 Å². The van der Waals surface area contributed by atoms with Crippen LogP contribution in [0, 0.1) is 0 Å². The first-order chi connectivity index (χ1) is 8.25. The molecule has 0 spiro atoms. The lowest BCUT2D eigenvalue weighted by Gasteiger charge is -2.06. The second kappa shape index (κ2) is 6.07. The van der Waals surface area contributed by atoms with Crippen molar-refractivity contribution in [2.75, 3.05) is 12.3 Å². The van der Waals surface area contributed by atoms with Crippen molar-refractivity contribution in [1.82, 2.24) is 10.3 Å². The third kappa shape index (κ3) is 3.75. The summed E-state index contributed by atoms with van der Waals surface area (Å²) in [6.07, 6.45) is 1.13. The Labute approximate surface area is 106 Å². The normalized spacial score (nSPS) is 11.5. The summed E-state index contributed by atoms with van der Waals surface area (Å²) in [5.41, 5.74) is 1.81. The zero-order valence-electron chi connectivity index (χ0n) is 10.3. The van der Waals surface area contributed by atoms with Crippen LogP contribution in [0.1, 0.15) is 20.3 Å². The van der Waals surface area contributed by atoms with E-state index in [0.717, 1.165) is 35.0 Å². The van der Waals surface area contributed by atoms with Crippen LogP contribution in [0.2, 0.25) is 0 Å². The number of oxazole rings is 1. The number of nitrogens with zero attached hydrogens (tertiary/aromatic N) is 1. The molecule has 17 heavy (non-hydrogen) atoms. The molecular formula is C13H18N2OS. The summed E-state index contributed by atoms with van der Waals surface area (Å²) in [7, 11) is 0. The van der Waals surface area contributed by atoms with Gasteiger partial charge in [-0.15, -0.1) is 0 Å². The minimum Gasteiger partial charge on any atom is -0.431 e. The predicted molar refractivity (Wildman–Crippen MR) is 72.5 cm³/mol. The number of nitrogens with one attached hydrogen (secondary N) is 1. The van der Waals surface area contributed by atoms with E-state index in [2.05, 4.69) is 24.1 Å². The van der Waals surface area contributed by atoms with Crippen LogP contribution in [-0.4, -0.2) is 23.3 Å². The van der Waals surface area contributed by atoms with Gasteiger partial charge in [-0.05, 0) is 25.1 Å². The van der Waals surface area contributed by atoms with Crippen LogP contribution in [0.5, 0.6) is 0 Å². The van der Waals surface area contributed by atoms with Gasteiger partial charge in [0, 0.05) is 11.8 Å². The molecule has 4 heteroatoms. The van der Waals surface area contributed by atoms with E-state index >= 15 is 0 Å². The van der Waals surface area contributed by atoms with Crippen molar-refractivity contribution in [2.45, 2.75) is 31.5 Å². The molecular weight excluding hydrogens is 232 g/mol. The zero-order chi connectivity index (χ0) is 12.1. The monoisotopic (exact) mass is 250 g/mol. The minimum atomic E-state index is 0.560. The maximum absolute atomic E-state index is 5.63. The molecule has 0 fully saturated rings. The highest BCUT2D eigenvalue weighted by Gasteiger charge is 2.04.